The van der Waals surface area contributed by atoms with E-state index in [1.54, 1.807) is 19.2 Å². The van der Waals surface area contributed by atoms with Gasteiger partial charge in [0.1, 0.15) is 0 Å². The summed E-state index contributed by atoms with van der Waals surface area (Å²) in [4.78, 5) is 0. The summed E-state index contributed by atoms with van der Waals surface area (Å²) in [7, 11) is 3.08. The molecule has 2 rings (SSSR count). The van der Waals surface area contributed by atoms with Crippen LogP contribution in [0.4, 0.5) is 5.88 Å². The van der Waals surface area contributed by atoms with Crippen LogP contribution in [0.5, 0.6) is 11.5 Å². The second-order valence-corrected chi connectivity index (χ2v) is 3.67. The lowest BCUT2D eigenvalue weighted by Gasteiger charge is -2.13. The molecule has 0 saturated heterocycles. The Morgan fingerprint density at radius 3 is 2.59 bits per heavy atom. The summed E-state index contributed by atoms with van der Waals surface area (Å²) in [5.41, 5.74) is 6.85. The Morgan fingerprint density at radius 2 is 2.06 bits per heavy atom. The standard InChI is InChI=1S/C11H11ClN2O3/c1-15-8-4-3-7(12)9(10(8)16-2)6-5-14-17-11(6)13/h3-5H,13H2,1-2H3. The number of ether oxygens (including phenoxy) is 2. The Hall–Kier alpha value is -1.88. The summed E-state index contributed by atoms with van der Waals surface area (Å²) in [5, 5.41) is 4.10. The van der Waals surface area contributed by atoms with E-state index in [1.165, 1.54) is 13.3 Å². The normalized spacial score (nSPS) is 10.3. The van der Waals surface area contributed by atoms with E-state index in [9.17, 15) is 0 Å². The number of aromatic nitrogens is 1. The second-order valence-electron chi connectivity index (χ2n) is 3.26. The van der Waals surface area contributed by atoms with Gasteiger partial charge in [-0.25, -0.2) is 0 Å². The van der Waals surface area contributed by atoms with E-state index in [2.05, 4.69) is 5.16 Å². The van der Waals surface area contributed by atoms with Crippen molar-refractivity contribution in [3.05, 3.63) is 23.4 Å². The second kappa shape index (κ2) is 4.55. The van der Waals surface area contributed by atoms with Gasteiger partial charge < -0.3 is 19.7 Å². The molecule has 5 nitrogen and oxygen atoms in total. The number of methoxy groups -OCH3 is 2. The lowest BCUT2D eigenvalue weighted by Crippen LogP contribution is -1.95. The van der Waals surface area contributed by atoms with Crippen molar-refractivity contribution in [2.24, 2.45) is 0 Å². The van der Waals surface area contributed by atoms with E-state index in [0.717, 1.165) is 0 Å². The molecule has 0 aliphatic heterocycles. The Kier molecular flexibility index (Phi) is 3.10. The molecular formula is C11H11ClN2O3. The zero-order valence-electron chi connectivity index (χ0n) is 9.36. The van der Waals surface area contributed by atoms with E-state index >= 15 is 0 Å². The molecule has 0 fully saturated rings. The van der Waals surface area contributed by atoms with Gasteiger partial charge in [-0.3, -0.25) is 0 Å². The highest BCUT2D eigenvalue weighted by Crippen LogP contribution is 2.44. The summed E-state index contributed by atoms with van der Waals surface area (Å²) in [6.45, 7) is 0. The minimum Gasteiger partial charge on any atom is -0.493 e. The molecule has 0 saturated carbocycles. The van der Waals surface area contributed by atoms with Crippen molar-refractivity contribution in [2.45, 2.75) is 0 Å². The van der Waals surface area contributed by atoms with Gasteiger partial charge in [-0.2, -0.15) is 0 Å². The summed E-state index contributed by atoms with van der Waals surface area (Å²) < 4.78 is 15.3. The van der Waals surface area contributed by atoms with E-state index in [0.29, 0.717) is 27.6 Å². The fraction of sp³-hybridized carbons (Fsp3) is 0.182. The number of rotatable bonds is 3. The van der Waals surface area contributed by atoms with Crippen LogP contribution in [0, 0.1) is 0 Å². The summed E-state index contributed by atoms with van der Waals surface area (Å²) in [6.07, 6.45) is 1.48. The average molecular weight is 255 g/mol. The molecule has 0 radical (unpaired) electrons. The van der Waals surface area contributed by atoms with Crippen molar-refractivity contribution >= 4 is 17.5 Å². The molecule has 6 heteroatoms. The zero-order valence-corrected chi connectivity index (χ0v) is 10.1. The van der Waals surface area contributed by atoms with E-state index < -0.39 is 0 Å². The van der Waals surface area contributed by atoms with Crippen LogP contribution in [0.15, 0.2) is 22.9 Å². The number of hydrogen-bond acceptors (Lipinski definition) is 5. The van der Waals surface area contributed by atoms with Crippen molar-refractivity contribution in [1.82, 2.24) is 5.16 Å². The molecular weight excluding hydrogens is 244 g/mol. The van der Waals surface area contributed by atoms with Crippen LogP contribution in [0.3, 0.4) is 0 Å². The third kappa shape index (κ3) is 1.89. The zero-order chi connectivity index (χ0) is 12.4. The topological polar surface area (TPSA) is 70.5 Å². The molecule has 0 spiro atoms. The molecule has 1 aromatic carbocycles. The fourth-order valence-corrected chi connectivity index (χ4v) is 1.84. The third-order valence-electron chi connectivity index (χ3n) is 2.36. The van der Waals surface area contributed by atoms with Gasteiger partial charge in [0.05, 0.1) is 36.6 Å². The van der Waals surface area contributed by atoms with Gasteiger partial charge in [0.15, 0.2) is 11.5 Å². The lowest BCUT2D eigenvalue weighted by atomic mass is 10.1. The van der Waals surface area contributed by atoms with Gasteiger partial charge in [-0.05, 0) is 12.1 Å². The SMILES string of the molecule is COc1ccc(Cl)c(-c2cnoc2N)c1OC. The first-order chi connectivity index (χ1) is 8.19. The maximum Gasteiger partial charge on any atom is 0.230 e. The molecule has 0 aliphatic carbocycles. The highest BCUT2D eigenvalue weighted by molar-refractivity contribution is 6.34. The van der Waals surface area contributed by atoms with Gasteiger partial charge >= 0.3 is 0 Å². The van der Waals surface area contributed by atoms with Gasteiger partial charge in [0.25, 0.3) is 0 Å². The summed E-state index contributed by atoms with van der Waals surface area (Å²) in [6, 6.07) is 3.42. The number of hydrogen-bond donors (Lipinski definition) is 1. The quantitative estimate of drug-likeness (QED) is 0.912. The third-order valence-corrected chi connectivity index (χ3v) is 2.68. The van der Waals surface area contributed by atoms with Gasteiger partial charge in [-0.1, -0.05) is 16.8 Å². The highest BCUT2D eigenvalue weighted by Gasteiger charge is 2.19. The first-order valence-corrected chi connectivity index (χ1v) is 5.17. The molecule has 1 aromatic heterocycles. The monoisotopic (exact) mass is 254 g/mol. The molecule has 2 N–H and O–H groups in total. The fourth-order valence-electron chi connectivity index (χ4n) is 1.59. The lowest BCUT2D eigenvalue weighted by molar-refractivity contribution is 0.356. The van der Waals surface area contributed by atoms with Crippen molar-refractivity contribution in [3.63, 3.8) is 0 Å². The number of nitrogens with zero attached hydrogens (tertiary/aromatic N) is 1. The van der Waals surface area contributed by atoms with Crippen LogP contribution < -0.4 is 15.2 Å². The number of nitrogen functional groups attached to an aromatic ring is 1. The van der Waals surface area contributed by atoms with E-state index in [4.69, 9.17) is 31.3 Å². The number of halogens is 1. The predicted molar refractivity (Wildman–Crippen MR) is 64.5 cm³/mol. The molecule has 0 bridgehead atoms. The van der Waals surface area contributed by atoms with Gasteiger partial charge in [0, 0.05) is 0 Å². The minimum absolute atomic E-state index is 0.179. The molecule has 1 heterocycles. The average Bonchev–Trinajstić information content (AvgIpc) is 2.74. The maximum absolute atomic E-state index is 6.14. The Balaban J connectivity index is 2.71. The van der Waals surface area contributed by atoms with Crippen molar-refractivity contribution in [3.8, 4) is 22.6 Å². The Morgan fingerprint density at radius 1 is 1.29 bits per heavy atom. The molecule has 0 aliphatic rings. The highest BCUT2D eigenvalue weighted by atomic mass is 35.5. The van der Waals surface area contributed by atoms with E-state index in [1.807, 2.05) is 0 Å². The van der Waals surface area contributed by atoms with Crippen LogP contribution in [0.2, 0.25) is 5.02 Å². The number of nitrogens with two attached hydrogens (primary N) is 1. The largest absolute Gasteiger partial charge is 0.493 e. The number of anilines is 1. The van der Waals surface area contributed by atoms with Crippen LogP contribution >= 0.6 is 11.6 Å². The number of benzene rings is 1. The van der Waals surface area contributed by atoms with Crippen LogP contribution in [0.1, 0.15) is 0 Å². The minimum atomic E-state index is 0.179. The smallest absolute Gasteiger partial charge is 0.230 e. The first kappa shape index (κ1) is 11.6. The van der Waals surface area contributed by atoms with Crippen LogP contribution in [0.25, 0.3) is 11.1 Å². The van der Waals surface area contributed by atoms with Crippen molar-refractivity contribution in [2.75, 3.05) is 20.0 Å². The molecule has 2 aromatic rings. The molecule has 0 unspecified atom stereocenters. The molecule has 0 atom stereocenters. The summed E-state index contributed by atoms with van der Waals surface area (Å²) in [5.74, 6) is 1.24. The van der Waals surface area contributed by atoms with Crippen molar-refractivity contribution in [1.29, 1.82) is 0 Å². The Labute approximate surface area is 103 Å². The van der Waals surface area contributed by atoms with Gasteiger partial charge in [-0.15, -0.1) is 0 Å². The van der Waals surface area contributed by atoms with Crippen molar-refractivity contribution < 1.29 is 14.0 Å². The molecule has 90 valence electrons. The predicted octanol–water partition coefficient (Wildman–Crippen LogP) is 2.59. The molecule has 17 heavy (non-hydrogen) atoms. The molecule has 0 amide bonds. The maximum atomic E-state index is 6.14. The van der Waals surface area contributed by atoms with Gasteiger partial charge in [0.2, 0.25) is 5.88 Å². The van der Waals surface area contributed by atoms with Crippen LogP contribution in [-0.2, 0) is 0 Å². The van der Waals surface area contributed by atoms with Crippen LogP contribution in [-0.4, -0.2) is 19.4 Å². The Bertz CT molecular complexity index is 540. The van der Waals surface area contributed by atoms with E-state index in [-0.39, 0.29) is 5.88 Å². The first-order valence-electron chi connectivity index (χ1n) is 4.80. The summed E-state index contributed by atoms with van der Waals surface area (Å²) >= 11 is 6.14.